The fourth-order valence-electron chi connectivity index (χ4n) is 3.21. The van der Waals surface area contributed by atoms with E-state index in [0.29, 0.717) is 24.5 Å². The van der Waals surface area contributed by atoms with Gasteiger partial charge < -0.3 is 10.0 Å². The van der Waals surface area contributed by atoms with Gasteiger partial charge in [-0.15, -0.1) is 11.3 Å². The van der Waals surface area contributed by atoms with Crippen molar-refractivity contribution < 1.29 is 5.11 Å². The minimum absolute atomic E-state index is 0.240. The first-order valence-corrected chi connectivity index (χ1v) is 9.12. The van der Waals surface area contributed by atoms with Crippen LogP contribution < -0.4 is 0 Å². The molecule has 0 amide bonds. The van der Waals surface area contributed by atoms with Crippen LogP contribution in [0.15, 0.2) is 60.4 Å². The van der Waals surface area contributed by atoms with Crippen LogP contribution in [0.1, 0.15) is 23.4 Å². The highest BCUT2D eigenvalue weighted by Gasteiger charge is 2.31. The Bertz CT molecular complexity index is 928. The highest BCUT2D eigenvalue weighted by Crippen LogP contribution is 2.33. The fraction of sp³-hybridized carbons (Fsp3) is 0.200. The molecule has 4 nitrogen and oxygen atoms in total. The second kappa shape index (κ2) is 6.33. The van der Waals surface area contributed by atoms with E-state index < -0.39 is 0 Å². The molecule has 5 heteroatoms. The van der Waals surface area contributed by atoms with Crippen LogP contribution in [0.3, 0.4) is 0 Å². The Labute approximate surface area is 150 Å². The average molecular weight is 349 g/mol. The summed E-state index contributed by atoms with van der Waals surface area (Å²) in [6, 6.07) is 18.2. The number of hydrogen-bond donors (Lipinski definition) is 2. The van der Waals surface area contributed by atoms with Crippen LogP contribution in [0.2, 0.25) is 0 Å². The van der Waals surface area contributed by atoms with Gasteiger partial charge in [0, 0.05) is 6.54 Å². The zero-order valence-corrected chi connectivity index (χ0v) is 14.8. The lowest BCUT2D eigenvalue weighted by atomic mass is 10.0. The second-order valence-corrected chi connectivity index (χ2v) is 7.38. The molecule has 0 radical (unpaired) electrons. The van der Waals surface area contributed by atoms with Crippen LogP contribution in [0.4, 0.5) is 0 Å². The molecule has 1 atom stereocenters. The number of aliphatic hydroxyl groups is 1. The van der Waals surface area contributed by atoms with Gasteiger partial charge in [0.15, 0.2) is 0 Å². The van der Waals surface area contributed by atoms with E-state index in [1.54, 1.807) is 0 Å². The van der Waals surface area contributed by atoms with E-state index >= 15 is 0 Å². The predicted octanol–water partition coefficient (Wildman–Crippen LogP) is 4.66. The molecule has 3 aromatic rings. The molecule has 1 aliphatic rings. The number of benzene rings is 2. The van der Waals surface area contributed by atoms with Crippen LogP contribution in [0, 0.1) is 5.41 Å². The van der Waals surface area contributed by atoms with Crippen LogP contribution in [0.5, 0.6) is 0 Å². The summed E-state index contributed by atoms with van der Waals surface area (Å²) in [6.07, 6.45) is 0. The van der Waals surface area contributed by atoms with E-state index in [1.807, 2.05) is 47.4 Å². The van der Waals surface area contributed by atoms with Crippen molar-refractivity contribution in [2.75, 3.05) is 13.1 Å². The zero-order valence-electron chi connectivity index (χ0n) is 13.9. The molecule has 1 aliphatic heterocycles. The molecular formula is C20H19N3OS. The quantitative estimate of drug-likeness (QED) is 0.720. The SMILES string of the molecule is C[C@H](CN1CC(O)=C(c2nc3ccccc3s2)C1=N)c1ccccc1. The summed E-state index contributed by atoms with van der Waals surface area (Å²) in [7, 11) is 0. The monoisotopic (exact) mass is 349 g/mol. The molecule has 0 unspecified atom stereocenters. The van der Waals surface area contributed by atoms with Gasteiger partial charge in [-0.05, 0) is 23.6 Å². The number of para-hydroxylation sites is 1. The molecule has 0 bridgehead atoms. The minimum atomic E-state index is 0.240. The van der Waals surface area contributed by atoms with E-state index in [2.05, 4.69) is 24.0 Å². The second-order valence-electron chi connectivity index (χ2n) is 6.35. The third-order valence-corrected chi connectivity index (χ3v) is 5.61. The molecule has 4 rings (SSSR count). The first-order valence-electron chi connectivity index (χ1n) is 8.30. The largest absolute Gasteiger partial charge is 0.510 e. The Hall–Kier alpha value is -2.66. The van der Waals surface area contributed by atoms with E-state index in [-0.39, 0.29) is 11.7 Å². The van der Waals surface area contributed by atoms with Crippen LogP contribution in [0.25, 0.3) is 15.8 Å². The van der Waals surface area contributed by atoms with Crippen LogP contribution in [-0.2, 0) is 0 Å². The number of fused-ring (bicyclic) bond motifs is 1. The number of thiazole rings is 1. The molecule has 0 saturated heterocycles. The Kier molecular flexibility index (Phi) is 4.01. The number of nitrogens with one attached hydrogen (secondary N) is 1. The highest BCUT2D eigenvalue weighted by atomic mass is 32.1. The molecule has 0 aliphatic carbocycles. The van der Waals surface area contributed by atoms with Crippen molar-refractivity contribution in [1.82, 2.24) is 9.88 Å². The molecule has 2 heterocycles. The minimum Gasteiger partial charge on any atom is -0.510 e. The van der Waals surface area contributed by atoms with Gasteiger partial charge in [0.1, 0.15) is 16.6 Å². The van der Waals surface area contributed by atoms with Crippen molar-refractivity contribution in [1.29, 1.82) is 5.41 Å². The van der Waals surface area contributed by atoms with Crippen molar-refractivity contribution in [2.45, 2.75) is 12.8 Å². The normalized spacial score (nSPS) is 16.0. The van der Waals surface area contributed by atoms with Crippen molar-refractivity contribution in [2.24, 2.45) is 0 Å². The molecule has 2 N–H and O–H groups in total. The summed E-state index contributed by atoms with van der Waals surface area (Å²) in [4.78, 5) is 6.53. The molecule has 1 aromatic heterocycles. The topological polar surface area (TPSA) is 60.2 Å². The lowest BCUT2D eigenvalue weighted by molar-refractivity contribution is 0.341. The third kappa shape index (κ3) is 2.91. The van der Waals surface area contributed by atoms with E-state index in [9.17, 15) is 5.11 Å². The number of aliphatic hydroxyl groups excluding tert-OH is 1. The summed E-state index contributed by atoms with van der Waals surface area (Å²) in [5.41, 5.74) is 2.72. The first-order chi connectivity index (χ1) is 12.1. The van der Waals surface area contributed by atoms with E-state index in [0.717, 1.165) is 15.2 Å². The third-order valence-electron chi connectivity index (χ3n) is 4.55. The van der Waals surface area contributed by atoms with Gasteiger partial charge >= 0.3 is 0 Å². The first kappa shape index (κ1) is 15.8. The zero-order chi connectivity index (χ0) is 17.4. The van der Waals surface area contributed by atoms with Gasteiger partial charge in [0.25, 0.3) is 0 Å². The molecule has 0 spiro atoms. The Balaban J connectivity index is 1.57. The Morgan fingerprint density at radius 2 is 1.88 bits per heavy atom. The van der Waals surface area contributed by atoms with Crippen molar-refractivity contribution in [3.05, 3.63) is 70.9 Å². The molecule has 25 heavy (non-hydrogen) atoms. The maximum atomic E-state index is 10.5. The van der Waals surface area contributed by atoms with Crippen LogP contribution in [-0.4, -0.2) is 33.9 Å². The lowest BCUT2D eigenvalue weighted by Crippen LogP contribution is -2.30. The average Bonchev–Trinajstić information content (AvgIpc) is 3.16. The maximum absolute atomic E-state index is 10.5. The standard InChI is InChI=1S/C20H19N3OS/c1-13(14-7-3-2-4-8-14)11-23-12-16(24)18(19(23)21)20-22-15-9-5-6-10-17(15)25-20/h2-10,13,21,24H,11-12H2,1H3/t13-/m1/s1. The smallest absolute Gasteiger partial charge is 0.135 e. The Morgan fingerprint density at radius 3 is 2.64 bits per heavy atom. The van der Waals surface area contributed by atoms with Crippen molar-refractivity contribution in [3.63, 3.8) is 0 Å². The summed E-state index contributed by atoms with van der Waals surface area (Å²) in [5, 5.41) is 19.7. The lowest BCUT2D eigenvalue weighted by Gasteiger charge is -2.23. The Morgan fingerprint density at radius 1 is 1.16 bits per heavy atom. The van der Waals surface area contributed by atoms with Gasteiger partial charge in [-0.25, -0.2) is 4.98 Å². The summed E-state index contributed by atoms with van der Waals surface area (Å²) in [5.74, 6) is 0.882. The number of nitrogens with zero attached hydrogens (tertiary/aromatic N) is 2. The van der Waals surface area contributed by atoms with Gasteiger partial charge in [0.2, 0.25) is 0 Å². The maximum Gasteiger partial charge on any atom is 0.135 e. The molecule has 0 fully saturated rings. The van der Waals surface area contributed by atoms with E-state index in [4.69, 9.17) is 5.41 Å². The van der Waals surface area contributed by atoms with Gasteiger partial charge in [0.05, 0.1) is 22.3 Å². The van der Waals surface area contributed by atoms with E-state index in [1.165, 1.54) is 16.9 Å². The predicted molar refractivity (Wildman–Crippen MR) is 103 cm³/mol. The number of rotatable bonds is 4. The number of amidine groups is 1. The van der Waals surface area contributed by atoms with Crippen molar-refractivity contribution in [3.8, 4) is 0 Å². The summed E-state index contributed by atoms with van der Waals surface area (Å²) < 4.78 is 1.07. The molecular weight excluding hydrogens is 330 g/mol. The van der Waals surface area contributed by atoms with Crippen molar-refractivity contribution >= 4 is 33.0 Å². The number of aromatic nitrogens is 1. The summed E-state index contributed by atoms with van der Waals surface area (Å²) in [6.45, 7) is 3.22. The van der Waals surface area contributed by atoms with Gasteiger partial charge in [-0.2, -0.15) is 0 Å². The fourth-order valence-corrected chi connectivity index (χ4v) is 4.24. The molecule has 0 saturated carbocycles. The number of hydrogen-bond acceptors (Lipinski definition) is 4. The highest BCUT2D eigenvalue weighted by molar-refractivity contribution is 7.19. The van der Waals surface area contributed by atoms with Crippen LogP contribution >= 0.6 is 11.3 Å². The van der Waals surface area contributed by atoms with Gasteiger partial charge in [-0.3, -0.25) is 5.41 Å². The van der Waals surface area contributed by atoms with Gasteiger partial charge in [-0.1, -0.05) is 49.4 Å². The molecule has 2 aromatic carbocycles. The molecule has 126 valence electrons. The summed E-state index contributed by atoms with van der Waals surface area (Å²) >= 11 is 1.52.